The minimum atomic E-state index is -0.515. The van der Waals surface area contributed by atoms with Crippen molar-refractivity contribution in [2.24, 2.45) is 0 Å². The monoisotopic (exact) mass is 219 g/mol. The van der Waals surface area contributed by atoms with Crippen LogP contribution in [-0.4, -0.2) is 4.98 Å². The highest BCUT2D eigenvalue weighted by Crippen LogP contribution is 2.20. The Labute approximate surface area is 92.8 Å². The number of aryl methyl sites for hydroxylation is 2. The van der Waals surface area contributed by atoms with Crippen LogP contribution in [0.5, 0.6) is 0 Å². The smallest absolute Gasteiger partial charge is 0.216 e. The predicted octanol–water partition coefficient (Wildman–Crippen LogP) is 3.64. The maximum atomic E-state index is 13.3. The van der Waals surface area contributed by atoms with Crippen molar-refractivity contribution in [2.75, 3.05) is 0 Å². The second kappa shape index (κ2) is 4.00. The van der Waals surface area contributed by atoms with Crippen molar-refractivity contribution < 1.29 is 8.78 Å². The Balaban J connectivity index is 2.50. The fourth-order valence-corrected chi connectivity index (χ4v) is 1.42. The van der Waals surface area contributed by atoms with Crippen molar-refractivity contribution in [3.63, 3.8) is 0 Å². The van der Waals surface area contributed by atoms with Crippen LogP contribution in [0.1, 0.15) is 11.1 Å². The molecule has 0 atom stereocenters. The summed E-state index contributed by atoms with van der Waals surface area (Å²) in [6.07, 6.45) is 0. The minimum absolute atomic E-state index is 0.305. The van der Waals surface area contributed by atoms with Crippen LogP contribution in [-0.2, 0) is 0 Å². The molecule has 0 amide bonds. The largest absolute Gasteiger partial charge is 0.219 e. The van der Waals surface area contributed by atoms with Gasteiger partial charge in [0, 0.05) is 11.1 Å². The van der Waals surface area contributed by atoms with Crippen LogP contribution in [0, 0.1) is 25.6 Å². The molecule has 16 heavy (non-hydrogen) atoms. The first-order valence-electron chi connectivity index (χ1n) is 4.97. The molecule has 1 aromatic heterocycles. The Bertz CT molecular complexity index is 486. The molecule has 3 heteroatoms. The lowest BCUT2D eigenvalue weighted by atomic mass is 10.1. The number of hydrogen-bond acceptors (Lipinski definition) is 1. The summed E-state index contributed by atoms with van der Waals surface area (Å²) in [7, 11) is 0. The Morgan fingerprint density at radius 2 is 1.62 bits per heavy atom. The molecule has 0 bridgehead atoms. The topological polar surface area (TPSA) is 12.9 Å². The molecule has 0 fully saturated rings. The van der Waals surface area contributed by atoms with Crippen molar-refractivity contribution >= 4 is 0 Å². The van der Waals surface area contributed by atoms with E-state index in [1.54, 1.807) is 38.1 Å². The van der Waals surface area contributed by atoms with E-state index in [9.17, 15) is 8.78 Å². The van der Waals surface area contributed by atoms with Gasteiger partial charge in [-0.25, -0.2) is 9.37 Å². The van der Waals surface area contributed by atoms with Crippen molar-refractivity contribution in [2.45, 2.75) is 13.8 Å². The third kappa shape index (κ3) is 1.94. The van der Waals surface area contributed by atoms with E-state index in [-0.39, 0.29) is 5.82 Å². The van der Waals surface area contributed by atoms with Gasteiger partial charge < -0.3 is 0 Å². The van der Waals surface area contributed by atoms with Crippen LogP contribution in [0.4, 0.5) is 8.78 Å². The summed E-state index contributed by atoms with van der Waals surface area (Å²) in [6.45, 7) is 3.32. The standard InChI is InChI=1S/C13H11F2N/c1-8-3-5-10(7-11(8)14)12-6-4-9(2)13(15)16-12/h3-7H,1-2H3. The lowest BCUT2D eigenvalue weighted by Crippen LogP contribution is -1.92. The highest BCUT2D eigenvalue weighted by atomic mass is 19.1. The molecule has 0 aliphatic rings. The van der Waals surface area contributed by atoms with Crippen LogP contribution in [0.25, 0.3) is 11.3 Å². The Morgan fingerprint density at radius 3 is 2.25 bits per heavy atom. The highest BCUT2D eigenvalue weighted by molar-refractivity contribution is 5.59. The summed E-state index contributed by atoms with van der Waals surface area (Å²) in [6, 6.07) is 8.07. The number of pyridine rings is 1. The Morgan fingerprint density at radius 1 is 0.938 bits per heavy atom. The fourth-order valence-electron chi connectivity index (χ4n) is 1.42. The Hall–Kier alpha value is -1.77. The van der Waals surface area contributed by atoms with Gasteiger partial charge in [-0.3, -0.25) is 0 Å². The first-order chi connectivity index (χ1) is 7.58. The van der Waals surface area contributed by atoms with E-state index >= 15 is 0 Å². The molecule has 0 saturated heterocycles. The molecule has 0 radical (unpaired) electrons. The summed E-state index contributed by atoms with van der Waals surface area (Å²) in [4.78, 5) is 3.78. The van der Waals surface area contributed by atoms with Gasteiger partial charge in [-0.2, -0.15) is 4.39 Å². The summed E-state index contributed by atoms with van der Waals surface area (Å²) >= 11 is 0. The highest BCUT2D eigenvalue weighted by Gasteiger charge is 2.05. The lowest BCUT2D eigenvalue weighted by Gasteiger charge is -2.04. The molecular weight excluding hydrogens is 208 g/mol. The normalized spacial score (nSPS) is 10.5. The maximum Gasteiger partial charge on any atom is 0.216 e. The van der Waals surface area contributed by atoms with Crippen LogP contribution in [0.15, 0.2) is 30.3 Å². The molecule has 1 heterocycles. The van der Waals surface area contributed by atoms with E-state index in [1.807, 2.05) is 0 Å². The number of nitrogens with zero attached hydrogens (tertiary/aromatic N) is 1. The molecule has 0 aliphatic carbocycles. The molecule has 2 aromatic rings. The van der Waals surface area contributed by atoms with E-state index in [0.717, 1.165) is 0 Å². The molecular formula is C13H11F2N. The molecule has 82 valence electrons. The number of aromatic nitrogens is 1. The molecule has 0 saturated carbocycles. The molecule has 1 aromatic carbocycles. The van der Waals surface area contributed by atoms with Gasteiger partial charge in [0.1, 0.15) is 5.82 Å². The van der Waals surface area contributed by atoms with Gasteiger partial charge in [0.2, 0.25) is 5.95 Å². The summed E-state index contributed by atoms with van der Waals surface area (Å²) in [5.41, 5.74) is 2.08. The van der Waals surface area contributed by atoms with Gasteiger partial charge in [-0.15, -0.1) is 0 Å². The van der Waals surface area contributed by atoms with Gasteiger partial charge in [-0.05, 0) is 31.5 Å². The molecule has 0 aliphatic heterocycles. The van der Waals surface area contributed by atoms with E-state index in [4.69, 9.17) is 0 Å². The second-order valence-corrected chi connectivity index (χ2v) is 3.77. The zero-order valence-corrected chi connectivity index (χ0v) is 9.09. The van der Waals surface area contributed by atoms with Gasteiger partial charge in [-0.1, -0.05) is 18.2 Å². The fraction of sp³-hybridized carbons (Fsp3) is 0.154. The molecule has 0 spiro atoms. The van der Waals surface area contributed by atoms with Crippen LogP contribution >= 0.6 is 0 Å². The van der Waals surface area contributed by atoms with Crippen molar-refractivity contribution in [3.05, 3.63) is 53.2 Å². The predicted molar refractivity (Wildman–Crippen MR) is 59.1 cm³/mol. The number of rotatable bonds is 1. The first kappa shape index (κ1) is 10.7. The van der Waals surface area contributed by atoms with Crippen molar-refractivity contribution in [1.82, 2.24) is 4.98 Å². The average molecular weight is 219 g/mol. The van der Waals surface area contributed by atoms with Crippen LogP contribution < -0.4 is 0 Å². The molecule has 0 unspecified atom stereocenters. The van der Waals surface area contributed by atoms with E-state index in [1.165, 1.54) is 6.07 Å². The second-order valence-electron chi connectivity index (χ2n) is 3.77. The van der Waals surface area contributed by atoms with E-state index < -0.39 is 5.95 Å². The molecule has 0 N–H and O–H groups in total. The molecule has 2 rings (SSSR count). The van der Waals surface area contributed by atoms with Gasteiger partial charge >= 0.3 is 0 Å². The third-order valence-corrected chi connectivity index (χ3v) is 2.50. The van der Waals surface area contributed by atoms with Crippen molar-refractivity contribution in [3.8, 4) is 11.3 Å². The summed E-state index contributed by atoms with van der Waals surface area (Å²) < 4.78 is 26.6. The quantitative estimate of drug-likeness (QED) is 0.667. The third-order valence-electron chi connectivity index (χ3n) is 2.50. The zero-order chi connectivity index (χ0) is 11.7. The van der Waals surface area contributed by atoms with Crippen LogP contribution in [0.2, 0.25) is 0 Å². The number of benzene rings is 1. The summed E-state index contributed by atoms with van der Waals surface area (Å²) in [5, 5.41) is 0. The summed E-state index contributed by atoms with van der Waals surface area (Å²) in [5.74, 6) is -0.821. The number of hydrogen-bond donors (Lipinski definition) is 0. The van der Waals surface area contributed by atoms with Crippen LogP contribution in [0.3, 0.4) is 0 Å². The Kier molecular flexibility index (Phi) is 2.69. The SMILES string of the molecule is Cc1ccc(-c2ccc(C)c(F)n2)cc1F. The van der Waals surface area contributed by atoms with E-state index in [0.29, 0.717) is 22.4 Å². The van der Waals surface area contributed by atoms with Gasteiger partial charge in [0.15, 0.2) is 0 Å². The average Bonchev–Trinajstić information content (AvgIpc) is 2.26. The zero-order valence-electron chi connectivity index (χ0n) is 9.09. The number of halogens is 2. The van der Waals surface area contributed by atoms with Crippen molar-refractivity contribution in [1.29, 1.82) is 0 Å². The first-order valence-corrected chi connectivity index (χ1v) is 4.97. The van der Waals surface area contributed by atoms with Gasteiger partial charge in [0.05, 0.1) is 5.69 Å². The molecule has 1 nitrogen and oxygen atoms in total. The lowest BCUT2D eigenvalue weighted by molar-refractivity contribution is 0.575. The maximum absolute atomic E-state index is 13.3. The van der Waals surface area contributed by atoms with Gasteiger partial charge in [0.25, 0.3) is 0 Å². The van der Waals surface area contributed by atoms with E-state index in [2.05, 4.69) is 4.98 Å². The minimum Gasteiger partial charge on any atom is -0.219 e.